The van der Waals surface area contributed by atoms with Crippen LogP contribution in [0.1, 0.15) is 37.6 Å². The Bertz CT molecular complexity index is 1030. The number of pyridine rings is 1. The van der Waals surface area contributed by atoms with E-state index in [0.29, 0.717) is 12.1 Å². The molecule has 0 saturated carbocycles. The van der Waals surface area contributed by atoms with Crippen LogP contribution in [0.3, 0.4) is 0 Å². The second-order valence-electron chi connectivity index (χ2n) is 8.43. The number of carbonyl (C=O) groups excluding carboxylic acids is 1. The average molecular weight is 464 g/mol. The molecule has 2 heterocycles. The topological polar surface area (TPSA) is 69.7 Å². The van der Waals surface area contributed by atoms with Crippen LogP contribution in [0, 0.1) is 0 Å². The number of allylic oxidation sites excluding steroid dienone is 3. The molecule has 0 aliphatic carbocycles. The van der Waals surface area contributed by atoms with Gasteiger partial charge in [0.25, 0.3) is 5.91 Å². The molecule has 34 heavy (non-hydrogen) atoms. The van der Waals surface area contributed by atoms with Crippen LogP contribution in [-0.4, -0.2) is 57.3 Å². The SMILES string of the molecule is C/C=C\C=C(/C)[C@H](CCNC)Oc1cccc(N2CCN(C)c3cc(NCC)ncc3C2=O)c1. The van der Waals surface area contributed by atoms with E-state index in [1.165, 1.54) is 0 Å². The van der Waals surface area contributed by atoms with Gasteiger partial charge in [-0.3, -0.25) is 4.79 Å². The number of benzene rings is 1. The summed E-state index contributed by atoms with van der Waals surface area (Å²) in [6.07, 6.45) is 8.59. The second kappa shape index (κ2) is 12.2. The number of nitrogens with one attached hydrogen (secondary N) is 2. The molecule has 1 aliphatic heterocycles. The maximum atomic E-state index is 13.5. The van der Waals surface area contributed by atoms with Crippen molar-refractivity contribution < 1.29 is 9.53 Å². The molecule has 2 N–H and O–H groups in total. The summed E-state index contributed by atoms with van der Waals surface area (Å²) in [7, 11) is 3.95. The van der Waals surface area contributed by atoms with E-state index < -0.39 is 0 Å². The number of carbonyl (C=O) groups is 1. The first kappa shape index (κ1) is 25.3. The third-order valence-electron chi connectivity index (χ3n) is 5.91. The van der Waals surface area contributed by atoms with Gasteiger partial charge in [0, 0.05) is 57.1 Å². The molecule has 1 aromatic carbocycles. The van der Waals surface area contributed by atoms with E-state index in [1.807, 2.05) is 75.3 Å². The Morgan fingerprint density at radius 1 is 1.29 bits per heavy atom. The lowest BCUT2D eigenvalue weighted by molar-refractivity contribution is 0.0990. The first-order valence-corrected chi connectivity index (χ1v) is 12.0. The van der Waals surface area contributed by atoms with Crippen LogP contribution in [-0.2, 0) is 0 Å². The fourth-order valence-electron chi connectivity index (χ4n) is 3.97. The summed E-state index contributed by atoms with van der Waals surface area (Å²) in [5, 5.41) is 6.43. The molecule has 2 aromatic rings. The van der Waals surface area contributed by atoms with Crippen LogP contribution >= 0.6 is 0 Å². The summed E-state index contributed by atoms with van der Waals surface area (Å²) >= 11 is 0. The number of amides is 1. The largest absolute Gasteiger partial charge is 0.486 e. The smallest absolute Gasteiger partial charge is 0.262 e. The van der Waals surface area contributed by atoms with E-state index in [2.05, 4.69) is 33.5 Å². The molecule has 7 nitrogen and oxygen atoms in total. The standard InChI is InChI=1S/C27H37N5O2/c1-6-8-10-20(3)25(13-14-28-4)34-22-12-9-11-21(17-22)32-16-15-31(5)24-18-26(29-7-2)30-19-23(24)27(32)33/h6,8-12,17-19,25,28H,7,13-16H2,1-5H3,(H,29,30)/b8-6-,20-10+/t25-/m0/s1. The highest BCUT2D eigenvalue weighted by Crippen LogP contribution is 2.30. The highest BCUT2D eigenvalue weighted by molar-refractivity contribution is 6.10. The number of aromatic nitrogens is 1. The first-order chi connectivity index (χ1) is 16.5. The van der Waals surface area contributed by atoms with Crippen LogP contribution in [0.15, 0.2) is 60.3 Å². The van der Waals surface area contributed by atoms with E-state index in [1.54, 1.807) is 6.20 Å². The third-order valence-corrected chi connectivity index (χ3v) is 5.91. The zero-order valence-electron chi connectivity index (χ0n) is 21.0. The maximum Gasteiger partial charge on any atom is 0.262 e. The number of rotatable bonds is 10. The molecule has 1 aliphatic rings. The van der Waals surface area contributed by atoms with E-state index in [4.69, 9.17) is 4.74 Å². The highest BCUT2D eigenvalue weighted by atomic mass is 16.5. The van der Waals surface area contributed by atoms with Gasteiger partial charge >= 0.3 is 0 Å². The van der Waals surface area contributed by atoms with Crippen molar-refractivity contribution in [1.82, 2.24) is 10.3 Å². The monoisotopic (exact) mass is 463 g/mol. The summed E-state index contributed by atoms with van der Waals surface area (Å²) in [6, 6.07) is 9.76. The number of nitrogens with zero attached hydrogens (tertiary/aromatic N) is 3. The Morgan fingerprint density at radius 2 is 2.12 bits per heavy atom. The molecule has 0 bridgehead atoms. The van der Waals surface area contributed by atoms with Gasteiger partial charge in [-0.1, -0.05) is 24.3 Å². The van der Waals surface area contributed by atoms with Crippen LogP contribution in [0.25, 0.3) is 0 Å². The number of fused-ring (bicyclic) bond motifs is 1. The Hall–Kier alpha value is -3.32. The Balaban J connectivity index is 1.87. The predicted octanol–water partition coefficient (Wildman–Crippen LogP) is 4.49. The quantitative estimate of drug-likeness (QED) is 0.506. The fourth-order valence-corrected chi connectivity index (χ4v) is 3.97. The fraction of sp³-hybridized carbons (Fsp3) is 0.407. The molecule has 1 amide bonds. The lowest BCUT2D eigenvalue weighted by atomic mass is 10.1. The molecule has 0 saturated heterocycles. The van der Waals surface area contributed by atoms with Crippen molar-refractivity contribution in [3.05, 3.63) is 65.9 Å². The summed E-state index contributed by atoms with van der Waals surface area (Å²) in [5.74, 6) is 1.47. The third kappa shape index (κ3) is 6.17. The highest BCUT2D eigenvalue weighted by Gasteiger charge is 2.27. The molecule has 7 heteroatoms. The van der Waals surface area contributed by atoms with Gasteiger partial charge in [-0.05, 0) is 52.1 Å². The van der Waals surface area contributed by atoms with Crippen molar-refractivity contribution in [3.8, 4) is 5.75 Å². The molecule has 0 radical (unpaired) electrons. The lowest BCUT2D eigenvalue weighted by Crippen LogP contribution is -2.33. The van der Waals surface area contributed by atoms with E-state index in [-0.39, 0.29) is 12.0 Å². The molecular formula is C27H37N5O2. The minimum Gasteiger partial charge on any atom is -0.486 e. The van der Waals surface area contributed by atoms with Crippen molar-refractivity contribution in [2.45, 2.75) is 33.3 Å². The number of hydrogen-bond acceptors (Lipinski definition) is 6. The summed E-state index contributed by atoms with van der Waals surface area (Å²) in [4.78, 5) is 21.9. The zero-order chi connectivity index (χ0) is 24.5. The second-order valence-corrected chi connectivity index (χ2v) is 8.43. The van der Waals surface area contributed by atoms with E-state index in [0.717, 1.165) is 54.6 Å². The van der Waals surface area contributed by atoms with Gasteiger partial charge in [0.2, 0.25) is 0 Å². The Kier molecular flexibility index (Phi) is 9.10. The van der Waals surface area contributed by atoms with Crippen molar-refractivity contribution in [1.29, 1.82) is 0 Å². The Morgan fingerprint density at radius 3 is 2.85 bits per heavy atom. The van der Waals surface area contributed by atoms with Gasteiger partial charge in [-0.15, -0.1) is 0 Å². The molecule has 1 atom stereocenters. The van der Waals surface area contributed by atoms with Gasteiger partial charge in [0.05, 0.1) is 11.3 Å². The normalized spacial score (nSPS) is 15.3. The van der Waals surface area contributed by atoms with Gasteiger partial charge in [0.1, 0.15) is 17.7 Å². The molecule has 1 aromatic heterocycles. The van der Waals surface area contributed by atoms with Crippen LogP contribution in [0.5, 0.6) is 5.75 Å². The first-order valence-electron chi connectivity index (χ1n) is 12.0. The molecule has 3 rings (SSSR count). The van der Waals surface area contributed by atoms with Gasteiger partial charge in [0.15, 0.2) is 0 Å². The number of ether oxygens (including phenoxy) is 1. The molecule has 0 fully saturated rings. The van der Waals surface area contributed by atoms with E-state index >= 15 is 0 Å². The zero-order valence-corrected chi connectivity index (χ0v) is 21.0. The maximum absolute atomic E-state index is 13.5. The summed E-state index contributed by atoms with van der Waals surface area (Å²) in [5.41, 5.74) is 3.47. The number of likely N-dealkylation sites (N-methyl/N-ethyl adjacent to an activating group) is 1. The van der Waals surface area contributed by atoms with Crippen molar-refractivity contribution >= 4 is 23.1 Å². The lowest BCUT2D eigenvalue weighted by Gasteiger charge is -2.24. The average Bonchev–Trinajstić information content (AvgIpc) is 2.96. The van der Waals surface area contributed by atoms with Crippen LogP contribution in [0.4, 0.5) is 17.2 Å². The van der Waals surface area contributed by atoms with Crippen molar-refractivity contribution in [2.24, 2.45) is 0 Å². The van der Waals surface area contributed by atoms with Gasteiger partial charge < -0.3 is 25.2 Å². The predicted molar refractivity (Wildman–Crippen MR) is 141 cm³/mol. The Labute approximate surface area is 203 Å². The summed E-state index contributed by atoms with van der Waals surface area (Å²) in [6.45, 7) is 9.04. The van der Waals surface area contributed by atoms with Crippen molar-refractivity contribution in [3.63, 3.8) is 0 Å². The molecule has 0 spiro atoms. The molecule has 182 valence electrons. The van der Waals surface area contributed by atoms with Gasteiger partial charge in [-0.25, -0.2) is 4.98 Å². The minimum absolute atomic E-state index is 0.0528. The van der Waals surface area contributed by atoms with E-state index in [9.17, 15) is 4.79 Å². The molecule has 0 unspecified atom stereocenters. The number of hydrogen-bond donors (Lipinski definition) is 2. The van der Waals surface area contributed by atoms with Crippen LogP contribution in [0.2, 0.25) is 0 Å². The number of anilines is 3. The van der Waals surface area contributed by atoms with Crippen molar-refractivity contribution in [2.75, 3.05) is 55.4 Å². The minimum atomic E-state index is -0.0562. The van der Waals surface area contributed by atoms with Crippen LogP contribution < -0.4 is 25.2 Å². The molecular weight excluding hydrogens is 426 g/mol. The van der Waals surface area contributed by atoms with Gasteiger partial charge in [-0.2, -0.15) is 0 Å². The summed E-state index contributed by atoms with van der Waals surface area (Å²) < 4.78 is 6.40.